The zero-order valence-electron chi connectivity index (χ0n) is 89.9. The maximum atomic E-state index is 14.5. The van der Waals surface area contributed by atoms with Gasteiger partial charge in [-0.05, 0) is 249 Å². The molecule has 45 heteroatoms. The van der Waals surface area contributed by atoms with Gasteiger partial charge in [0.2, 0.25) is 65.0 Å². The number of benzene rings is 2. The van der Waals surface area contributed by atoms with Crippen molar-refractivity contribution >= 4 is 135 Å². The Morgan fingerprint density at radius 3 is 1.18 bits per heavy atom. The molecule has 0 aromatic heterocycles. The van der Waals surface area contributed by atoms with Crippen LogP contribution in [0, 0.1) is 3.57 Å². The Morgan fingerprint density at radius 1 is 0.320 bits per heavy atom. The Bertz CT molecular complexity index is 4550. The summed E-state index contributed by atoms with van der Waals surface area (Å²) in [6.07, 6.45) is -1.43. The maximum Gasteiger partial charge on any atom is 0.323 e. The molecule has 828 valence electrons. The van der Waals surface area contributed by atoms with Crippen molar-refractivity contribution < 1.29 is 139 Å². The van der Waals surface area contributed by atoms with Crippen LogP contribution in [-0.2, 0) is 147 Å². The van der Waals surface area contributed by atoms with Gasteiger partial charge < -0.3 is 106 Å². The average molecular weight is 2190 g/mol. The highest BCUT2D eigenvalue weighted by Crippen LogP contribution is 2.22. The van der Waals surface area contributed by atoms with Gasteiger partial charge in [-0.15, -0.1) is 0 Å². The largest absolute Gasteiger partial charge is 0.481 e. The minimum atomic E-state index is -1.63. The quantitative estimate of drug-likeness (QED) is 0.0194. The lowest BCUT2D eigenvalue weighted by Crippen LogP contribution is -2.57. The maximum absolute atomic E-state index is 14.5. The Balaban J connectivity index is 1.69. The number of aryl methyl sites for hydroxylation is 1. The molecule has 0 bridgehead atoms. The molecule has 1 fully saturated rings. The number of nitrogens with zero attached hydrogens (tertiary/aromatic N) is 4. The normalized spacial score (nSPS) is 14.7. The molecule has 0 radical (unpaired) electrons. The molecule has 147 heavy (non-hydrogen) atoms. The Morgan fingerprint density at radius 2 is 0.707 bits per heavy atom. The smallest absolute Gasteiger partial charge is 0.323 e. The number of carboxylic acid groups (broad SMARTS) is 1. The highest BCUT2D eigenvalue weighted by atomic mass is 127. The summed E-state index contributed by atoms with van der Waals surface area (Å²) in [5.74, 6) is -13.9. The summed E-state index contributed by atoms with van der Waals surface area (Å²) in [4.78, 5) is 263. The lowest BCUT2D eigenvalue weighted by atomic mass is 10.1. The first-order valence-electron chi connectivity index (χ1n) is 50.1. The van der Waals surface area contributed by atoms with E-state index >= 15 is 0 Å². The molecule has 1 aliphatic rings. The number of halogens is 1. The van der Waals surface area contributed by atoms with Crippen molar-refractivity contribution in [2.75, 3.05) is 138 Å². The van der Waals surface area contributed by atoms with E-state index in [1.807, 2.05) is 43.9 Å². The summed E-state index contributed by atoms with van der Waals surface area (Å²) in [5, 5.41) is 37.6. The number of hydrogen-bond acceptors (Lipinski definition) is 32. The van der Waals surface area contributed by atoms with Gasteiger partial charge in [0, 0.05) is 114 Å². The minimum Gasteiger partial charge on any atom is -0.481 e. The number of ether oxygens (including phenoxy) is 9. The number of amides is 11. The van der Waals surface area contributed by atoms with Crippen LogP contribution in [-0.4, -0.2) is 351 Å². The van der Waals surface area contributed by atoms with E-state index in [4.69, 9.17) is 42.6 Å². The van der Waals surface area contributed by atoms with E-state index in [1.165, 1.54) is 0 Å². The number of carbonyl (C=O) groups is 19. The number of nitrogens with one attached hydrogen (secondary N) is 11. The van der Waals surface area contributed by atoms with Crippen LogP contribution in [0.2, 0.25) is 0 Å². The molecule has 2 aromatic rings. The molecular weight excluding hydrogens is 2030 g/mol. The van der Waals surface area contributed by atoms with Crippen molar-refractivity contribution in [1.82, 2.24) is 78.1 Å². The van der Waals surface area contributed by atoms with Gasteiger partial charge >= 0.3 is 47.8 Å². The summed E-state index contributed by atoms with van der Waals surface area (Å²) >= 11 is 2.20. The van der Waals surface area contributed by atoms with Crippen LogP contribution in [0.25, 0.3) is 0 Å². The topological polar surface area (TPSA) is 573 Å². The second-order valence-corrected chi connectivity index (χ2v) is 44.0. The Kier molecular flexibility index (Phi) is 57.5. The molecule has 6 atom stereocenters. The second kappa shape index (κ2) is 65.0. The molecule has 12 N–H and O–H groups in total. The van der Waals surface area contributed by atoms with Crippen LogP contribution < -0.4 is 58.5 Å². The fraction of sp³-hybridized carbons (Fsp3) is 0.696. The van der Waals surface area contributed by atoms with Crippen molar-refractivity contribution in [2.24, 2.45) is 0 Å². The number of carboxylic acids is 1. The predicted octanol–water partition coefficient (Wildman–Crippen LogP) is 3.76. The molecule has 1 heterocycles. The number of rotatable bonds is 58. The second-order valence-electron chi connectivity index (χ2n) is 42.7. The molecule has 2 aromatic carbocycles. The summed E-state index contributed by atoms with van der Waals surface area (Å²) in [6.45, 7) is 33.8. The van der Waals surface area contributed by atoms with Crippen molar-refractivity contribution in [3.8, 4) is 0 Å². The van der Waals surface area contributed by atoms with Gasteiger partial charge in [0.15, 0.2) is 0 Å². The van der Waals surface area contributed by atoms with Gasteiger partial charge in [-0.25, -0.2) is 0 Å². The van der Waals surface area contributed by atoms with Gasteiger partial charge in [-0.1, -0.05) is 42.5 Å². The third-order valence-corrected chi connectivity index (χ3v) is 21.5. The van der Waals surface area contributed by atoms with Crippen LogP contribution in [0.15, 0.2) is 54.6 Å². The predicted molar refractivity (Wildman–Crippen MR) is 550 cm³/mol. The minimum absolute atomic E-state index is 0.0448. The first kappa shape index (κ1) is 130. The van der Waals surface area contributed by atoms with Gasteiger partial charge in [-0.2, -0.15) is 0 Å². The highest BCUT2D eigenvalue weighted by molar-refractivity contribution is 14.1. The number of aliphatic carboxylic acids is 1. The first-order valence-corrected chi connectivity index (χ1v) is 51.2. The molecule has 0 unspecified atom stereocenters. The van der Waals surface area contributed by atoms with E-state index in [0.29, 0.717) is 31.2 Å². The van der Waals surface area contributed by atoms with Crippen LogP contribution >= 0.6 is 22.6 Å². The van der Waals surface area contributed by atoms with E-state index in [-0.39, 0.29) is 169 Å². The summed E-state index contributed by atoms with van der Waals surface area (Å²) in [6, 6.07) is 8.41. The van der Waals surface area contributed by atoms with Crippen molar-refractivity contribution in [3.05, 3.63) is 69.3 Å². The van der Waals surface area contributed by atoms with Crippen molar-refractivity contribution in [1.29, 1.82) is 0 Å². The number of carbonyl (C=O) groups excluding carboxylic acids is 18. The fourth-order valence-electron chi connectivity index (χ4n) is 14.3. The number of unbranched alkanes of at least 4 members (excludes halogenated alkanes) is 1. The SMILES string of the molecule is CC(C)(C)OC(=O)CC[C@@H](NC(=O)COCCOCCNC(=O)[C@H](CCCCNC(=O)CNC(=O)CNC(=O)[C@H](Cc1ccccc1)NC(=O)CNC(=O)CC[C@H](C(=O)OC(C)(C)C)N1CCN(CC(=O)OC(C)(C)C)CCN(CC(=O)OC(C)(C)C)CCN(CC(=O)OC(C)(C)C)CC1)NC(=O)CCCc1ccc(I)cc1)C(=O)N[C@H](CCC(=O)OC(C)(C)C)C(=O)N[C@H](CCC(=O)OC(C)(C)C)C(=O)NCCC(=O)O. The van der Waals surface area contributed by atoms with E-state index in [1.54, 1.807) is 176 Å². The van der Waals surface area contributed by atoms with Gasteiger partial charge in [0.25, 0.3) is 0 Å². The molecule has 1 saturated heterocycles. The molecule has 1 aliphatic heterocycles. The van der Waals surface area contributed by atoms with E-state index in [0.717, 1.165) is 9.13 Å². The first-order chi connectivity index (χ1) is 68.3. The zero-order valence-corrected chi connectivity index (χ0v) is 92.0. The van der Waals surface area contributed by atoms with Crippen LogP contribution in [0.3, 0.4) is 0 Å². The van der Waals surface area contributed by atoms with Gasteiger partial charge in [-0.3, -0.25) is 111 Å². The monoisotopic (exact) mass is 2190 g/mol. The van der Waals surface area contributed by atoms with E-state index in [9.17, 15) is 96.2 Å². The van der Waals surface area contributed by atoms with Crippen LogP contribution in [0.4, 0.5) is 0 Å². The van der Waals surface area contributed by atoms with Gasteiger partial charge in [0.1, 0.15) is 82.1 Å². The molecular formula is C102H164IN15O29. The van der Waals surface area contributed by atoms with Crippen molar-refractivity contribution in [2.45, 2.75) is 324 Å². The number of hydrogen-bond donors (Lipinski definition) is 12. The molecule has 0 spiro atoms. The third kappa shape index (κ3) is 64.7. The zero-order chi connectivity index (χ0) is 111. The van der Waals surface area contributed by atoms with Crippen molar-refractivity contribution in [3.63, 3.8) is 0 Å². The molecule has 44 nitrogen and oxygen atoms in total. The molecule has 3 rings (SSSR count). The van der Waals surface area contributed by atoms with E-state index in [2.05, 4.69) is 81.1 Å². The van der Waals surface area contributed by atoms with E-state index < -0.39 is 234 Å². The number of esters is 7. The van der Waals surface area contributed by atoms with Gasteiger partial charge in [0.05, 0.1) is 65.5 Å². The fourth-order valence-corrected chi connectivity index (χ4v) is 14.7. The highest BCUT2D eigenvalue weighted by Gasteiger charge is 2.38. The molecule has 0 saturated carbocycles. The Hall–Kier alpha value is -11.1. The summed E-state index contributed by atoms with van der Waals surface area (Å²) < 4.78 is 51.7. The average Bonchev–Trinajstić information content (AvgIpc) is 0.845. The molecule has 0 aliphatic carbocycles. The summed E-state index contributed by atoms with van der Waals surface area (Å²) in [7, 11) is 0. The lowest BCUT2D eigenvalue weighted by molar-refractivity contribution is -0.163. The lowest BCUT2D eigenvalue weighted by Gasteiger charge is -2.37. The van der Waals surface area contributed by atoms with Crippen LogP contribution in [0.5, 0.6) is 0 Å². The Labute approximate surface area is 878 Å². The third-order valence-electron chi connectivity index (χ3n) is 20.8. The summed E-state index contributed by atoms with van der Waals surface area (Å²) in [5.41, 5.74) is -4.54. The standard InChI is InChI=1S/C102H164IN15O29/c1-96(2,3)141-84(127)42-37-72(91(134)105-47-45-83(125)126)113-94(137)74(39-44-86(129)143-98(7,8)9)114-93(136)73(38-43-85(128)142-97(4,5)6)111-82(124)67-140-59-58-139-57-48-106-90(133)71(110-78(120)32-27-30-68-33-35-70(103)36-34-68)31-25-26-46-104-79(121)61-108-80(122)62-109-92(135)75(60-69-28-23-22-24-29-69)112-81(123)63-107-77(119)41-40-76(95(138)147-102(19,20)21)118-55-53-116(65-88(131)145-100(13,14)15)51-49-115(64-87(130)144-99(10,11)12)50-52-117(54-56-118)66-89(132)146-101(16,17)18/h22-24,28-29,33-36,71-76H,25-27,30-32,37-67H2,1-21H3,(H,104,121)(H,105,134)(H,106,133)(H,107,119)(H,108,122)(H,109,135)(H,110,120)(H,111,124)(H,112,123)(H,113,137)(H,114,136)(H,125,126)/t71-,72+,73+,74+,75-,76+/m0/s1. The molecule has 11 amide bonds. The van der Waals surface area contributed by atoms with Crippen LogP contribution in [0.1, 0.15) is 246 Å².